The largest absolute Gasteiger partial charge is 0.494 e. The number of nitrogens with zero attached hydrogens (tertiary/aromatic N) is 1. The third-order valence-electron chi connectivity index (χ3n) is 4.38. The molecule has 1 aromatic heterocycles. The lowest BCUT2D eigenvalue weighted by molar-refractivity contribution is 0.262. The maximum absolute atomic E-state index is 12.2. The fourth-order valence-corrected chi connectivity index (χ4v) is 3.24. The van der Waals surface area contributed by atoms with E-state index in [4.69, 9.17) is 26.6 Å². The summed E-state index contributed by atoms with van der Waals surface area (Å²) in [5.41, 5.74) is 9.51. The van der Waals surface area contributed by atoms with Crippen molar-refractivity contribution in [3.63, 3.8) is 0 Å². The van der Waals surface area contributed by atoms with E-state index in [1.807, 2.05) is 24.3 Å². The topological polar surface area (TPSA) is 102 Å². The maximum Gasteiger partial charge on any atom is 0.323 e. The monoisotopic (exact) mass is 408 g/mol. The summed E-state index contributed by atoms with van der Waals surface area (Å²) >= 11 is 5.93. The van der Waals surface area contributed by atoms with Crippen LogP contribution in [0.2, 0.25) is 5.02 Å². The molecule has 4 rings (SSSR count). The number of rotatable bonds is 4. The SMILES string of the molecule is COc1ccc(-c2ccc(NC(=O)Nc3cccc(Cl)c3)cc2)c2c(N)onc12. The second kappa shape index (κ2) is 7.73. The Morgan fingerprint density at radius 1 is 1.07 bits per heavy atom. The van der Waals surface area contributed by atoms with E-state index in [-0.39, 0.29) is 11.9 Å². The molecule has 0 aliphatic carbocycles. The van der Waals surface area contributed by atoms with Gasteiger partial charge in [-0.1, -0.05) is 35.0 Å². The van der Waals surface area contributed by atoms with E-state index in [9.17, 15) is 4.79 Å². The van der Waals surface area contributed by atoms with Gasteiger partial charge in [0.1, 0.15) is 5.75 Å². The van der Waals surface area contributed by atoms with Crippen LogP contribution in [0.1, 0.15) is 0 Å². The lowest BCUT2D eigenvalue weighted by Crippen LogP contribution is -2.19. The van der Waals surface area contributed by atoms with E-state index in [0.717, 1.165) is 11.1 Å². The van der Waals surface area contributed by atoms with E-state index in [2.05, 4.69) is 15.8 Å². The number of carbonyl (C=O) groups excluding carboxylic acids is 1. The van der Waals surface area contributed by atoms with Gasteiger partial charge in [0.25, 0.3) is 0 Å². The highest BCUT2D eigenvalue weighted by Crippen LogP contribution is 2.37. The number of benzene rings is 3. The number of halogens is 1. The van der Waals surface area contributed by atoms with Crippen molar-refractivity contribution in [1.29, 1.82) is 0 Å². The van der Waals surface area contributed by atoms with Crippen molar-refractivity contribution in [2.24, 2.45) is 0 Å². The second-order valence-corrected chi connectivity index (χ2v) is 6.69. The van der Waals surface area contributed by atoms with Gasteiger partial charge in [0.2, 0.25) is 5.88 Å². The van der Waals surface area contributed by atoms with E-state index in [0.29, 0.717) is 33.0 Å². The van der Waals surface area contributed by atoms with Gasteiger partial charge in [0.15, 0.2) is 5.52 Å². The number of carbonyl (C=O) groups is 1. The van der Waals surface area contributed by atoms with Crippen molar-refractivity contribution >= 4 is 45.8 Å². The third-order valence-corrected chi connectivity index (χ3v) is 4.61. The molecule has 0 bridgehead atoms. The minimum absolute atomic E-state index is 0.219. The summed E-state index contributed by atoms with van der Waals surface area (Å²) in [6, 6.07) is 17.6. The van der Waals surface area contributed by atoms with Gasteiger partial charge >= 0.3 is 6.03 Å². The molecule has 4 aromatic rings. The fourth-order valence-electron chi connectivity index (χ4n) is 3.05. The predicted octanol–water partition coefficient (Wildman–Crippen LogP) is 5.38. The van der Waals surface area contributed by atoms with Gasteiger partial charge in [-0.25, -0.2) is 4.79 Å². The van der Waals surface area contributed by atoms with Gasteiger partial charge in [0.05, 0.1) is 12.5 Å². The number of nitrogens with two attached hydrogens (primary N) is 1. The summed E-state index contributed by atoms with van der Waals surface area (Å²) in [5, 5.41) is 10.7. The molecular formula is C21H17ClN4O3. The molecule has 1 heterocycles. The van der Waals surface area contributed by atoms with E-state index in [1.54, 1.807) is 43.5 Å². The molecule has 0 saturated carbocycles. The predicted molar refractivity (Wildman–Crippen MR) is 115 cm³/mol. The number of methoxy groups -OCH3 is 1. The summed E-state index contributed by atoms with van der Waals surface area (Å²) in [4.78, 5) is 12.2. The van der Waals surface area contributed by atoms with Crippen molar-refractivity contribution in [2.75, 3.05) is 23.5 Å². The van der Waals surface area contributed by atoms with Gasteiger partial charge < -0.3 is 25.6 Å². The highest BCUT2D eigenvalue weighted by atomic mass is 35.5. The fraction of sp³-hybridized carbons (Fsp3) is 0.0476. The molecule has 3 aromatic carbocycles. The number of hydrogen-bond donors (Lipinski definition) is 3. The number of anilines is 3. The molecule has 8 heteroatoms. The van der Waals surface area contributed by atoms with Crippen LogP contribution in [0.25, 0.3) is 22.0 Å². The molecule has 0 spiro atoms. The molecule has 0 atom stereocenters. The lowest BCUT2D eigenvalue weighted by Gasteiger charge is -2.10. The van der Waals surface area contributed by atoms with E-state index in [1.165, 1.54) is 0 Å². The molecule has 0 unspecified atom stereocenters. The number of amides is 2. The minimum Gasteiger partial charge on any atom is -0.494 e. The van der Waals surface area contributed by atoms with Crippen LogP contribution in [-0.2, 0) is 0 Å². The summed E-state index contributed by atoms with van der Waals surface area (Å²) in [6.45, 7) is 0. The van der Waals surface area contributed by atoms with Crippen LogP contribution >= 0.6 is 11.6 Å². The summed E-state index contributed by atoms with van der Waals surface area (Å²) in [6.07, 6.45) is 0. The van der Waals surface area contributed by atoms with Crippen LogP contribution in [0.15, 0.2) is 65.2 Å². The summed E-state index contributed by atoms with van der Waals surface area (Å²) in [7, 11) is 1.56. The third kappa shape index (κ3) is 3.81. The van der Waals surface area contributed by atoms with Crippen LogP contribution < -0.4 is 21.1 Å². The molecule has 29 heavy (non-hydrogen) atoms. The van der Waals surface area contributed by atoms with Crippen molar-refractivity contribution < 1.29 is 14.1 Å². The van der Waals surface area contributed by atoms with Gasteiger partial charge in [-0.05, 0) is 53.6 Å². The zero-order chi connectivity index (χ0) is 20.4. The Hall–Kier alpha value is -3.71. The first kappa shape index (κ1) is 18.6. The van der Waals surface area contributed by atoms with Crippen molar-refractivity contribution in [1.82, 2.24) is 5.16 Å². The first-order valence-electron chi connectivity index (χ1n) is 8.71. The Bertz CT molecular complexity index is 1190. The van der Waals surface area contributed by atoms with Gasteiger partial charge in [-0.15, -0.1) is 0 Å². The summed E-state index contributed by atoms with van der Waals surface area (Å²) < 4.78 is 10.4. The summed E-state index contributed by atoms with van der Waals surface area (Å²) in [5.74, 6) is 0.803. The zero-order valence-electron chi connectivity index (χ0n) is 15.4. The van der Waals surface area contributed by atoms with Crippen LogP contribution in [0.5, 0.6) is 5.75 Å². The molecule has 2 amide bonds. The Morgan fingerprint density at radius 3 is 2.55 bits per heavy atom. The van der Waals surface area contributed by atoms with Crippen molar-refractivity contribution in [3.05, 3.63) is 65.7 Å². The normalized spacial score (nSPS) is 10.7. The van der Waals surface area contributed by atoms with Crippen molar-refractivity contribution in [3.8, 4) is 16.9 Å². The quantitative estimate of drug-likeness (QED) is 0.420. The number of ether oxygens (including phenoxy) is 1. The van der Waals surface area contributed by atoms with E-state index >= 15 is 0 Å². The molecule has 146 valence electrons. The molecule has 7 nitrogen and oxygen atoms in total. The first-order valence-corrected chi connectivity index (χ1v) is 9.09. The molecule has 0 saturated heterocycles. The average Bonchev–Trinajstić information content (AvgIpc) is 3.10. The Morgan fingerprint density at radius 2 is 1.83 bits per heavy atom. The van der Waals surface area contributed by atoms with E-state index < -0.39 is 0 Å². The Balaban J connectivity index is 1.55. The van der Waals surface area contributed by atoms with Gasteiger partial charge in [-0.2, -0.15) is 0 Å². The standard InChI is InChI=1S/C21H17ClN4O3/c1-28-17-10-9-16(18-19(17)26-29-20(18)23)12-5-7-14(8-6-12)24-21(27)25-15-4-2-3-13(22)11-15/h2-11H,23H2,1H3,(H2,24,25,27). The molecule has 0 radical (unpaired) electrons. The minimum atomic E-state index is -0.366. The number of hydrogen-bond acceptors (Lipinski definition) is 5. The highest BCUT2D eigenvalue weighted by molar-refractivity contribution is 6.30. The van der Waals surface area contributed by atoms with Crippen LogP contribution in [-0.4, -0.2) is 18.3 Å². The molecule has 0 fully saturated rings. The maximum atomic E-state index is 12.2. The highest BCUT2D eigenvalue weighted by Gasteiger charge is 2.16. The van der Waals surface area contributed by atoms with Gasteiger partial charge in [0, 0.05) is 16.4 Å². The Labute approximate surface area is 171 Å². The number of fused-ring (bicyclic) bond motifs is 1. The van der Waals surface area contributed by atoms with Crippen molar-refractivity contribution in [2.45, 2.75) is 0 Å². The van der Waals surface area contributed by atoms with Crippen LogP contribution in [0.3, 0.4) is 0 Å². The molecule has 0 aliphatic heterocycles. The smallest absolute Gasteiger partial charge is 0.323 e. The van der Waals surface area contributed by atoms with Crippen LogP contribution in [0.4, 0.5) is 22.1 Å². The lowest BCUT2D eigenvalue weighted by atomic mass is 10.0. The van der Waals surface area contributed by atoms with Crippen LogP contribution in [0, 0.1) is 0 Å². The zero-order valence-corrected chi connectivity index (χ0v) is 16.2. The number of nitrogens with one attached hydrogen (secondary N) is 2. The number of aromatic nitrogens is 1. The Kier molecular flexibility index (Phi) is 4.97. The average molecular weight is 409 g/mol. The molecular weight excluding hydrogens is 392 g/mol. The van der Waals surface area contributed by atoms with Gasteiger partial charge in [-0.3, -0.25) is 0 Å². The first-order chi connectivity index (χ1) is 14.0. The molecule has 4 N–H and O–H groups in total. The second-order valence-electron chi connectivity index (χ2n) is 6.25. The number of nitrogen functional groups attached to an aromatic ring is 1. The number of urea groups is 1. The molecule has 0 aliphatic rings.